The minimum atomic E-state index is -4.58. The van der Waals surface area contributed by atoms with Crippen molar-refractivity contribution in [2.24, 2.45) is 7.05 Å². The molecule has 122 valence electrons. The Balaban J connectivity index is 2.20. The summed E-state index contributed by atoms with van der Waals surface area (Å²) in [6.07, 6.45) is -4.58. The van der Waals surface area contributed by atoms with Crippen LogP contribution in [0.5, 0.6) is 11.5 Å². The zero-order valence-corrected chi connectivity index (χ0v) is 11.8. The van der Waals surface area contributed by atoms with Gasteiger partial charge in [0.1, 0.15) is 18.8 Å². The third-order valence-corrected chi connectivity index (χ3v) is 3.37. The van der Waals surface area contributed by atoms with E-state index in [1.165, 1.54) is 23.9 Å². The van der Waals surface area contributed by atoms with E-state index in [0.29, 0.717) is 5.69 Å². The fraction of sp³-hybridized carbons (Fsp3) is 0.286. The number of aromatic nitrogens is 2. The summed E-state index contributed by atoms with van der Waals surface area (Å²) in [4.78, 5) is 11.0. The number of carbonyl (C=O) groups is 1. The summed E-state index contributed by atoms with van der Waals surface area (Å²) in [6.45, 7) is 0.107. The molecule has 0 amide bonds. The number of ether oxygens (including phenoxy) is 2. The summed E-state index contributed by atoms with van der Waals surface area (Å²) in [5.41, 5.74) is -0.544. The number of rotatable bonds is 2. The van der Waals surface area contributed by atoms with Crippen molar-refractivity contribution in [1.82, 2.24) is 9.78 Å². The Labute approximate surface area is 128 Å². The molecule has 0 saturated carbocycles. The first kappa shape index (κ1) is 15.2. The van der Waals surface area contributed by atoms with Crippen LogP contribution in [-0.4, -0.2) is 34.1 Å². The number of hydrogen-bond acceptors (Lipinski definition) is 4. The minimum Gasteiger partial charge on any atom is -0.485 e. The molecule has 0 spiro atoms. The smallest absolute Gasteiger partial charge is 0.420 e. The van der Waals surface area contributed by atoms with E-state index in [-0.39, 0.29) is 36.0 Å². The first-order valence-corrected chi connectivity index (χ1v) is 6.56. The Morgan fingerprint density at radius 1 is 1.26 bits per heavy atom. The van der Waals surface area contributed by atoms with E-state index in [2.05, 4.69) is 5.10 Å². The zero-order valence-electron chi connectivity index (χ0n) is 11.8. The van der Waals surface area contributed by atoms with Crippen molar-refractivity contribution in [1.29, 1.82) is 0 Å². The molecule has 0 atom stereocenters. The van der Waals surface area contributed by atoms with Gasteiger partial charge in [-0.05, 0) is 18.2 Å². The molecule has 6 nitrogen and oxygen atoms in total. The van der Waals surface area contributed by atoms with Crippen LogP contribution in [0.3, 0.4) is 0 Å². The number of carboxylic acids is 1. The van der Waals surface area contributed by atoms with Gasteiger partial charge in [0, 0.05) is 12.6 Å². The van der Waals surface area contributed by atoms with Crippen molar-refractivity contribution in [2.45, 2.75) is 6.18 Å². The van der Waals surface area contributed by atoms with Gasteiger partial charge in [-0.15, -0.1) is 0 Å². The van der Waals surface area contributed by atoms with Crippen molar-refractivity contribution >= 4 is 5.97 Å². The molecule has 2 aromatic rings. The van der Waals surface area contributed by atoms with Crippen molar-refractivity contribution in [3.63, 3.8) is 0 Å². The molecule has 2 heterocycles. The minimum absolute atomic E-state index is 0.00525. The Kier molecular flexibility index (Phi) is 3.42. The molecule has 0 aliphatic carbocycles. The predicted molar refractivity (Wildman–Crippen MR) is 71.6 cm³/mol. The predicted octanol–water partition coefficient (Wildman–Crippen LogP) is 2.58. The number of aromatic carboxylic acids is 1. The highest BCUT2D eigenvalue weighted by atomic mass is 19.4. The van der Waals surface area contributed by atoms with Gasteiger partial charge in [0.2, 0.25) is 0 Å². The molecular weight excluding hydrogens is 317 g/mol. The van der Waals surface area contributed by atoms with Gasteiger partial charge >= 0.3 is 12.1 Å². The molecule has 1 aliphatic heterocycles. The van der Waals surface area contributed by atoms with Crippen LogP contribution >= 0.6 is 0 Å². The quantitative estimate of drug-likeness (QED) is 0.917. The largest absolute Gasteiger partial charge is 0.485 e. The number of aryl methyl sites for hydroxylation is 1. The van der Waals surface area contributed by atoms with Crippen LogP contribution in [-0.2, 0) is 13.2 Å². The first-order valence-electron chi connectivity index (χ1n) is 6.56. The Morgan fingerprint density at radius 3 is 2.48 bits per heavy atom. The van der Waals surface area contributed by atoms with Crippen LogP contribution in [0.25, 0.3) is 11.3 Å². The summed E-state index contributed by atoms with van der Waals surface area (Å²) < 4.78 is 51.0. The van der Waals surface area contributed by atoms with E-state index in [1.807, 2.05) is 0 Å². The lowest BCUT2D eigenvalue weighted by Crippen LogP contribution is -2.20. The van der Waals surface area contributed by atoms with Gasteiger partial charge in [-0.2, -0.15) is 18.3 Å². The number of benzene rings is 1. The molecule has 0 saturated heterocycles. The molecule has 1 aromatic carbocycles. The second kappa shape index (κ2) is 5.18. The highest BCUT2D eigenvalue weighted by Gasteiger charge is 2.38. The van der Waals surface area contributed by atoms with E-state index >= 15 is 0 Å². The summed E-state index contributed by atoms with van der Waals surface area (Å²) in [7, 11) is 1.50. The van der Waals surface area contributed by atoms with Gasteiger partial charge in [-0.1, -0.05) is 0 Å². The second-order valence-electron chi connectivity index (χ2n) is 4.86. The topological polar surface area (TPSA) is 73.6 Å². The molecule has 0 bridgehead atoms. The van der Waals surface area contributed by atoms with Gasteiger partial charge in [0.25, 0.3) is 0 Å². The van der Waals surface area contributed by atoms with Gasteiger partial charge < -0.3 is 14.6 Å². The fourth-order valence-corrected chi connectivity index (χ4v) is 2.39. The van der Waals surface area contributed by atoms with Gasteiger partial charge in [-0.3, -0.25) is 4.68 Å². The van der Waals surface area contributed by atoms with Crippen molar-refractivity contribution in [3.8, 4) is 22.8 Å². The Bertz CT molecular complexity index is 783. The second-order valence-corrected chi connectivity index (χ2v) is 4.86. The highest BCUT2D eigenvalue weighted by molar-refractivity contribution is 5.87. The van der Waals surface area contributed by atoms with E-state index in [1.54, 1.807) is 0 Å². The van der Waals surface area contributed by atoms with E-state index in [0.717, 1.165) is 6.07 Å². The molecule has 0 fully saturated rings. The highest BCUT2D eigenvalue weighted by Crippen LogP contribution is 2.47. The lowest BCUT2D eigenvalue weighted by Gasteiger charge is -2.24. The number of fused-ring (bicyclic) bond motifs is 1. The molecule has 3 rings (SSSR count). The number of nitrogens with zero attached hydrogens (tertiary/aromatic N) is 2. The maximum Gasteiger partial charge on any atom is 0.420 e. The van der Waals surface area contributed by atoms with Gasteiger partial charge in [0.15, 0.2) is 17.2 Å². The number of halogens is 3. The normalized spacial score (nSPS) is 13.9. The Hall–Kier alpha value is -2.71. The maximum absolute atomic E-state index is 13.1. The molecule has 0 radical (unpaired) electrons. The fourth-order valence-electron chi connectivity index (χ4n) is 2.39. The average Bonchev–Trinajstić information content (AvgIpc) is 2.87. The molecule has 0 unspecified atom stereocenters. The number of hydrogen-bond donors (Lipinski definition) is 1. The van der Waals surface area contributed by atoms with Crippen molar-refractivity contribution < 1.29 is 32.5 Å². The molecule has 1 aliphatic rings. The SMILES string of the molecule is Cn1nc(C(=O)O)cc1-c1ccc(C(F)(F)F)c2c1OCCO2. The van der Waals surface area contributed by atoms with E-state index in [9.17, 15) is 18.0 Å². The molecule has 23 heavy (non-hydrogen) atoms. The Morgan fingerprint density at radius 2 is 1.91 bits per heavy atom. The molecule has 9 heteroatoms. The van der Waals surface area contributed by atoms with Crippen LogP contribution in [0.4, 0.5) is 13.2 Å². The van der Waals surface area contributed by atoms with Crippen LogP contribution < -0.4 is 9.47 Å². The maximum atomic E-state index is 13.1. The lowest BCUT2D eigenvalue weighted by molar-refractivity contribution is -0.139. The monoisotopic (exact) mass is 328 g/mol. The average molecular weight is 328 g/mol. The van der Waals surface area contributed by atoms with Gasteiger partial charge in [0.05, 0.1) is 5.69 Å². The molecular formula is C14H11F3N2O4. The summed E-state index contributed by atoms with van der Waals surface area (Å²) >= 11 is 0. The van der Waals surface area contributed by atoms with Gasteiger partial charge in [-0.25, -0.2) is 4.79 Å². The summed E-state index contributed by atoms with van der Waals surface area (Å²) in [5, 5.41) is 12.8. The van der Waals surface area contributed by atoms with Crippen LogP contribution in [0, 0.1) is 0 Å². The number of carboxylic acid groups (broad SMARTS) is 1. The molecule has 1 aromatic heterocycles. The van der Waals surface area contributed by atoms with Crippen molar-refractivity contribution in [3.05, 3.63) is 29.5 Å². The molecule has 1 N–H and O–H groups in total. The van der Waals surface area contributed by atoms with E-state index < -0.39 is 17.7 Å². The lowest BCUT2D eigenvalue weighted by atomic mass is 10.0. The van der Waals surface area contributed by atoms with Crippen molar-refractivity contribution in [2.75, 3.05) is 13.2 Å². The zero-order chi connectivity index (χ0) is 16.8. The van der Waals surface area contributed by atoms with E-state index in [4.69, 9.17) is 14.6 Å². The first-order chi connectivity index (χ1) is 10.8. The van der Waals surface area contributed by atoms with Crippen LogP contribution in [0.2, 0.25) is 0 Å². The summed E-state index contributed by atoms with van der Waals surface area (Å²) in [5.74, 6) is -1.69. The third kappa shape index (κ3) is 2.58. The van der Waals surface area contributed by atoms with Crippen LogP contribution in [0.15, 0.2) is 18.2 Å². The number of alkyl halides is 3. The standard InChI is InChI=1S/C14H11F3N2O4/c1-19-10(6-9(18-19)13(20)21)7-2-3-8(14(15,16)17)12-11(7)22-4-5-23-12/h2-3,6H,4-5H2,1H3,(H,20,21). The third-order valence-electron chi connectivity index (χ3n) is 3.37. The summed E-state index contributed by atoms with van der Waals surface area (Å²) in [6, 6.07) is 3.37. The van der Waals surface area contributed by atoms with Crippen LogP contribution in [0.1, 0.15) is 16.1 Å².